The van der Waals surface area contributed by atoms with Crippen LogP contribution in [0, 0.1) is 0 Å². The van der Waals surface area contributed by atoms with Crippen LogP contribution in [0.15, 0.2) is 24.5 Å². The van der Waals surface area contributed by atoms with E-state index in [1.54, 1.807) is 28.8 Å². The number of pyridine rings is 1. The Morgan fingerprint density at radius 2 is 2.11 bits per heavy atom. The summed E-state index contributed by atoms with van der Waals surface area (Å²) in [4.78, 5) is 3.88. The molecule has 0 aliphatic carbocycles. The zero-order chi connectivity index (χ0) is 12.3. The van der Waals surface area contributed by atoms with E-state index >= 15 is 0 Å². The van der Waals surface area contributed by atoms with Gasteiger partial charge in [0.1, 0.15) is 0 Å². The third-order valence-electron chi connectivity index (χ3n) is 2.82. The number of halogens is 1. The quantitative estimate of drug-likeness (QED) is 0.887. The van der Waals surface area contributed by atoms with E-state index in [2.05, 4.69) is 10.3 Å². The highest BCUT2D eigenvalue weighted by Gasteiger charge is 2.26. The van der Waals surface area contributed by atoms with Gasteiger partial charge in [0.2, 0.25) is 10.0 Å². The molecule has 1 aliphatic rings. The standard InChI is InChI=1S/C11H17N3O2S.ClH/c1-10-8-14(7-6-13-10)17(15,16)9-11-2-4-12-5-3-11;/h2-5,10,13H,6-9H2,1H3;1H. The minimum absolute atomic E-state index is 0. The molecule has 0 radical (unpaired) electrons. The fourth-order valence-electron chi connectivity index (χ4n) is 1.93. The fraction of sp³-hybridized carbons (Fsp3) is 0.545. The van der Waals surface area contributed by atoms with Crippen LogP contribution in [0.3, 0.4) is 0 Å². The Labute approximate surface area is 114 Å². The molecule has 0 saturated carbocycles. The first-order valence-corrected chi connectivity index (χ1v) is 7.29. The van der Waals surface area contributed by atoms with Gasteiger partial charge in [0.15, 0.2) is 0 Å². The molecule has 0 amide bonds. The van der Waals surface area contributed by atoms with Gasteiger partial charge in [-0.2, -0.15) is 4.31 Å². The summed E-state index contributed by atoms with van der Waals surface area (Å²) in [5, 5.41) is 3.23. The number of rotatable bonds is 3. The molecule has 5 nitrogen and oxygen atoms in total. The number of nitrogens with one attached hydrogen (secondary N) is 1. The SMILES string of the molecule is CC1CN(S(=O)(=O)Cc2ccncc2)CCN1.Cl. The van der Waals surface area contributed by atoms with Crippen molar-refractivity contribution >= 4 is 22.4 Å². The van der Waals surface area contributed by atoms with Gasteiger partial charge in [0.25, 0.3) is 0 Å². The Balaban J connectivity index is 0.00000162. The van der Waals surface area contributed by atoms with Crippen molar-refractivity contribution in [1.29, 1.82) is 0 Å². The summed E-state index contributed by atoms with van der Waals surface area (Å²) in [6.45, 7) is 3.82. The molecule has 2 rings (SSSR count). The fourth-order valence-corrected chi connectivity index (χ4v) is 3.55. The summed E-state index contributed by atoms with van der Waals surface area (Å²) in [6, 6.07) is 3.70. The van der Waals surface area contributed by atoms with Gasteiger partial charge in [0, 0.05) is 38.1 Å². The average Bonchev–Trinajstić information content (AvgIpc) is 2.30. The Morgan fingerprint density at radius 3 is 2.72 bits per heavy atom. The summed E-state index contributed by atoms with van der Waals surface area (Å²) in [6.07, 6.45) is 3.23. The Morgan fingerprint density at radius 1 is 1.44 bits per heavy atom. The molecule has 1 fully saturated rings. The Kier molecular flexibility index (Phi) is 5.52. The van der Waals surface area contributed by atoms with E-state index in [9.17, 15) is 8.42 Å². The molecule has 1 aromatic rings. The summed E-state index contributed by atoms with van der Waals surface area (Å²) in [7, 11) is -3.20. The highest BCUT2D eigenvalue weighted by atomic mass is 35.5. The van der Waals surface area contributed by atoms with E-state index in [-0.39, 0.29) is 24.2 Å². The second-order valence-corrected chi connectivity index (χ2v) is 6.29. The van der Waals surface area contributed by atoms with Crippen LogP contribution in [0.25, 0.3) is 0 Å². The highest BCUT2D eigenvalue weighted by molar-refractivity contribution is 7.88. The number of sulfonamides is 1. The van der Waals surface area contributed by atoms with Gasteiger partial charge in [-0.05, 0) is 24.6 Å². The first-order chi connectivity index (χ1) is 8.08. The summed E-state index contributed by atoms with van der Waals surface area (Å²) in [5.41, 5.74) is 0.784. The maximum absolute atomic E-state index is 12.2. The molecule has 0 bridgehead atoms. The van der Waals surface area contributed by atoms with Crippen LogP contribution in [0.5, 0.6) is 0 Å². The largest absolute Gasteiger partial charge is 0.312 e. The molecule has 7 heteroatoms. The predicted molar refractivity (Wildman–Crippen MR) is 73.1 cm³/mol. The van der Waals surface area contributed by atoms with E-state index in [1.807, 2.05) is 6.92 Å². The maximum Gasteiger partial charge on any atom is 0.218 e. The topological polar surface area (TPSA) is 62.3 Å². The average molecular weight is 292 g/mol. The van der Waals surface area contributed by atoms with Crippen LogP contribution in [0.4, 0.5) is 0 Å². The lowest BCUT2D eigenvalue weighted by Crippen LogP contribution is -2.51. The van der Waals surface area contributed by atoms with Crippen molar-refractivity contribution < 1.29 is 8.42 Å². The number of hydrogen-bond acceptors (Lipinski definition) is 4. The van der Waals surface area contributed by atoms with Crippen LogP contribution in [-0.4, -0.2) is 43.4 Å². The second kappa shape index (κ2) is 6.47. The molecule has 1 N–H and O–H groups in total. The van der Waals surface area contributed by atoms with E-state index in [4.69, 9.17) is 0 Å². The zero-order valence-electron chi connectivity index (χ0n) is 10.2. The number of nitrogens with zero attached hydrogens (tertiary/aromatic N) is 2. The lowest BCUT2D eigenvalue weighted by atomic mass is 10.3. The molecule has 0 spiro atoms. The molecule has 1 saturated heterocycles. The van der Waals surface area contributed by atoms with E-state index in [0.29, 0.717) is 13.1 Å². The first kappa shape index (κ1) is 15.4. The summed E-state index contributed by atoms with van der Waals surface area (Å²) < 4.78 is 25.9. The summed E-state index contributed by atoms with van der Waals surface area (Å²) >= 11 is 0. The maximum atomic E-state index is 12.2. The third kappa shape index (κ3) is 3.91. The lowest BCUT2D eigenvalue weighted by Gasteiger charge is -2.31. The molecule has 0 aromatic carbocycles. The molecule has 1 aromatic heterocycles. The molecular weight excluding hydrogens is 274 g/mol. The van der Waals surface area contributed by atoms with Crippen LogP contribution in [0.1, 0.15) is 12.5 Å². The highest BCUT2D eigenvalue weighted by Crippen LogP contribution is 2.12. The van der Waals surface area contributed by atoms with Crippen molar-refractivity contribution in [3.63, 3.8) is 0 Å². The monoisotopic (exact) mass is 291 g/mol. The van der Waals surface area contributed by atoms with Gasteiger partial charge in [-0.15, -0.1) is 12.4 Å². The molecular formula is C11H18ClN3O2S. The smallest absolute Gasteiger partial charge is 0.218 e. The van der Waals surface area contributed by atoms with Crippen molar-refractivity contribution in [2.75, 3.05) is 19.6 Å². The van der Waals surface area contributed by atoms with E-state index in [0.717, 1.165) is 12.1 Å². The molecule has 1 unspecified atom stereocenters. The number of aromatic nitrogens is 1. The van der Waals surface area contributed by atoms with Gasteiger partial charge in [-0.3, -0.25) is 4.98 Å². The van der Waals surface area contributed by atoms with Crippen LogP contribution in [0.2, 0.25) is 0 Å². The molecule has 1 aliphatic heterocycles. The number of hydrogen-bond donors (Lipinski definition) is 1. The van der Waals surface area contributed by atoms with Crippen molar-refractivity contribution in [2.45, 2.75) is 18.7 Å². The zero-order valence-corrected chi connectivity index (χ0v) is 11.9. The van der Waals surface area contributed by atoms with Gasteiger partial charge in [-0.25, -0.2) is 8.42 Å². The van der Waals surface area contributed by atoms with Gasteiger partial charge < -0.3 is 5.32 Å². The third-order valence-corrected chi connectivity index (χ3v) is 4.64. The second-order valence-electron chi connectivity index (χ2n) is 4.32. The molecule has 2 heterocycles. The Hall–Kier alpha value is -0.690. The van der Waals surface area contributed by atoms with Crippen molar-refractivity contribution in [3.05, 3.63) is 30.1 Å². The first-order valence-electron chi connectivity index (χ1n) is 5.68. The molecule has 102 valence electrons. The van der Waals surface area contributed by atoms with Crippen molar-refractivity contribution in [1.82, 2.24) is 14.6 Å². The minimum Gasteiger partial charge on any atom is -0.312 e. The Bertz CT molecular complexity index is 466. The number of piperazine rings is 1. The normalized spacial score (nSPS) is 21.3. The van der Waals surface area contributed by atoms with Gasteiger partial charge in [0.05, 0.1) is 5.75 Å². The molecule has 18 heavy (non-hydrogen) atoms. The van der Waals surface area contributed by atoms with Crippen LogP contribution in [-0.2, 0) is 15.8 Å². The van der Waals surface area contributed by atoms with Crippen LogP contribution < -0.4 is 5.32 Å². The van der Waals surface area contributed by atoms with Gasteiger partial charge >= 0.3 is 0 Å². The predicted octanol–water partition coefficient (Wildman–Crippen LogP) is 0.627. The minimum atomic E-state index is -3.20. The summed E-state index contributed by atoms with van der Waals surface area (Å²) in [5.74, 6) is 0.0578. The lowest BCUT2D eigenvalue weighted by molar-refractivity contribution is 0.310. The van der Waals surface area contributed by atoms with Crippen molar-refractivity contribution in [2.24, 2.45) is 0 Å². The van der Waals surface area contributed by atoms with Gasteiger partial charge in [-0.1, -0.05) is 0 Å². The van der Waals surface area contributed by atoms with Crippen molar-refractivity contribution in [3.8, 4) is 0 Å². The van der Waals surface area contributed by atoms with E-state index in [1.165, 1.54) is 0 Å². The van der Waals surface area contributed by atoms with Crippen LogP contribution >= 0.6 is 12.4 Å². The molecule has 1 atom stereocenters. The van der Waals surface area contributed by atoms with E-state index < -0.39 is 10.0 Å².